The van der Waals surface area contributed by atoms with Crippen molar-refractivity contribution in [3.63, 3.8) is 0 Å². The lowest BCUT2D eigenvalue weighted by Gasteiger charge is -2.39. The van der Waals surface area contributed by atoms with E-state index in [1.807, 2.05) is 42.2 Å². The number of rotatable bonds is 4. The van der Waals surface area contributed by atoms with Crippen LogP contribution in [0.15, 0.2) is 54.6 Å². The molecule has 1 aliphatic heterocycles. The van der Waals surface area contributed by atoms with Gasteiger partial charge in [-0.2, -0.15) is 13.2 Å². The smallest absolute Gasteiger partial charge is 0.369 e. The molecule has 0 N–H and O–H groups in total. The Kier molecular flexibility index (Phi) is 5.93. The summed E-state index contributed by atoms with van der Waals surface area (Å²) in [5.41, 5.74) is 0.761. The predicted molar refractivity (Wildman–Crippen MR) is 105 cm³/mol. The second kappa shape index (κ2) is 8.22. The van der Waals surface area contributed by atoms with Crippen LogP contribution in [0.4, 0.5) is 24.5 Å². The Morgan fingerprint density at radius 1 is 1.00 bits per heavy atom. The van der Waals surface area contributed by atoms with E-state index in [2.05, 4.69) is 4.90 Å². The number of amides is 1. The Balaban J connectivity index is 1.61. The monoisotopic (exact) mass is 391 g/mol. The largest absolute Gasteiger partial charge is 0.416 e. The third-order valence-electron chi connectivity index (χ3n) is 5.23. The van der Waals surface area contributed by atoms with Gasteiger partial charge in [-0.1, -0.05) is 24.3 Å². The van der Waals surface area contributed by atoms with Crippen molar-refractivity contribution < 1.29 is 18.0 Å². The van der Waals surface area contributed by atoms with Gasteiger partial charge in [0.05, 0.1) is 11.6 Å². The standard InChI is InChI=1S/C21H24F3N3O/c1-16(20(28)25(2)18-8-4-3-5-9-18)26-11-13-27(14-12-26)19-10-6-7-17(15-19)21(22,23)24/h3-10,15-16H,11-14H2,1-2H3/t16-/m0/s1. The summed E-state index contributed by atoms with van der Waals surface area (Å²) in [5.74, 6) is -0.00119. The molecule has 7 heteroatoms. The van der Waals surface area contributed by atoms with Crippen LogP contribution in [0.3, 0.4) is 0 Å². The third kappa shape index (κ3) is 4.47. The fraction of sp³-hybridized carbons (Fsp3) is 0.381. The highest BCUT2D eigenvalue weighted by Crippen LogP contribution is 2.32. The van der Waals surface area contributed by atoms with Crippen LogP contribution in [-0.2, 0) is 11.0 Å². The van der Waals surface area contributed by atoms with Crippen molar-refractivity contribution >= 4 is 17.3 Å². The maximum atomic E-state index is 12.9. The van der Waals surface area contributed by atoms with Crippen LogP contribution in [0, 0.1) is 0 Å². The highest BCUT2D eigenvalue weighted by atomic mass is 19.4. The normalized spacial score (nSPS) is 16.7. The first-order chi connectivity index (χ1) is 13.3. The molecule has 0 radical (unpaired) electrons. The Bertz CT molecular complexity index is 802. The van der Waals surface area contributed by atoms with Gasteiger partial charge in [-0.25, -0.2) is 0 Å². The Morgan fingerprint density at radius 3 is 2.25 bits per heavy atom. The fourth-order valence-electron chi connectivity index (χ4n) is 3.46. The molecule has 1 saturated heterocycles. The minimum atomic E-state index is -4.35. The molecule has 0 aromatic heterocycles. The van der Waals surface area contributed by atoms with Gasteiger partial charge in [0.1, 0.15) is 0 Å². The van der Waals surface area contributed by atoms with E-state index in [1.165, 1.54) is 12.1 Å². The summed E-state index contributed by atoms with van der Waals surface area (Å²) in [5, 5.41) is 0. The van der Waals surface area contributed by atoms with Gasteiger partial charge in [0.25, 0.3) is 0 Å². The quantitative estimate of drug-likeness (QED) is 0.792. The summed E-state index contributed by atoms with van der Waals surface area (Å²) in [6.45, 7) is 4.27. The number of carbonyl (C=O) groups is 1. The fourth-order valence-corrected chi connectivity index (χ4v) is 3.46. The highest BCUT2D eigenvalue weighted by Gasteiger charge is 2.32. The molecule has 1 aliphatic rings. The van der Waals surface area contributed by atoms with Crippen molar-refractivity contribution in [3.05, 3.63) is 60.2 Å². The van der Waals surface area contributed by atoms with Gasteiger partial charge >= 0.3 is 6.18 Å². The van der Waals surface area contributed by atoms with E-state index in [0.717, 1.165) is 11.8 Å². The molecule has 4 nitrogen and oxygen atoms in total. The molecular formula is C21H24F3N3O. The van der Waals surface area contributed by atoms with Gasteiger partial charge in [-0.3, -0.25) is 9.69 Å². The topological polar surface area (TPSA) is 26.8 Å². The second-order valence-corrected chi connectivity index (χ2v) is 6.98. The predicted octanol–water partition coefficient (Wildman–Crippen LogP) is 3.88. The van der Waals surface area contributed by atoms with Gasteiger partial charge in [0.15, 0.2) is 0 Å². The number of carbonyl (C=O) groups excluding carboxylic acids is 1. The highest BCUT2D eigenvalue weighted by molar-refractivity contribution is 5.96. The lowest BCUT2D eigenvalue weighted by molar-refractivity contribution is -0.137. The van der Waals surface area contributed by atoms with E-state index in [-0.39, 0.29) is 11.9 Å². The summed E-state index contributed by atoms with van der Waals surface area (Å²) in [6.07, 6.45) is -4.35. The Morgan fingerprint density at radius 2 is 1.64 bits per heavy atom. The van der Waals surface area contributed by atoms with E-state index < -0.39 is 11.7 Å². The van der Waals surface area contributed by atoms with E-state index >= 15 is 0 Å². The minimum Gasteiger partial charge on any atom is -0.369 e. The van der Waals surface area contributed by atoms with Crippen molar-refractivity contribution in [2.45, 2.75) is 19.1 Å². The van der Waals surface area contributed by atoms with Crippen molar-refractivity contribution in [1.29, 1.82) is 0 Å². The summed E-state index contributed by atoms with van der Waals surface area (Å²) in [6, 6.07) is 14.6. The number of hydrogen-bond donors (Lipinski definition) is 0. The number of alkyl halides is 3. The van der Waals surface area contributed by atoms with Crippen LogP contribution in [0.25, 0.3) is 0 Å². The van der Waals surface area contributed by atoms with E-state index in [9.17, 15) is 18.0 Å². The molecule has 2 aromatic carbocycles. The lowest BCUT2D eigenvalue weighted by atomic mass is 10.1. The van der Waals surface area contributed by atoms with Crippen LogP contribution in [-0.4, -0.2) is 50.1 Å². The molecule has 1 amide bonds. The number of para-hydroxylation sites is 1. The number of nitrogens with zero attached hydrogens (tertiary/aromatic N) is 3. The average molecular weight is 391 g/mol. The lowest BCUT2D eigenvalue weighted by Crippen LogP contribution is -2.54. The van der Waals surface area contributed by atoms with Crippen molar-refractivity contribution in [2.24, 2.45) is 0 Å². The minimum absolute atomic E-state index is 0.00119. The maximum Gasteiger partial charge on any atom is 0.416 e. The molecule has 1 heterocycles. The number of benzene rings is 2. The summed E-state index contributed by atoms with van der Waals surface area (Å²) >= 11 is 0. The van der Waals surface area contributed by atoms with Gasteiger partial charge < -0.3 is 9.80 Å². The summed E-state index contributed by atoms with van der Waals surface area (Å²) in [4.78, 5) is 18.4. The molecule has 150 valence electrons. The zero-order chi connectivity index (χ0) is 20.3. The van der Waals surface area contributed by atoms with Gasteiger partial charge in [0.2, 0.25) is 5.91 Å². The first-order valence-electron chi connectivity index (χ1n) is 9.26. The molecule has 0 saturated carbocycles. The molecule has 0 aliphatic carbocycles. The van der Waals surface area contributed by atoms with Gasteiger partial charge in [-0.15, -0.1) is 0 Å². The molecule has 0 bridgehead atoms. The van der Waals surface area contributed by atoms with E-state index in [1.54, 1.807) is 18.0 Å². The third-order valence-corrected chi connectivity index (χ3v) is 5.23. The van der Waals surface area contributed by atoms with Crippen LogP contribution in [0.1, 0.15) is 12.5 Å². The van der Waals surface area contributed by atoms with Crippen molar-refractivity contribution in [3.8, 4) is 0 Å². The molecule has 1 atom stereocenters. The second-order valence-electron chi connectivity index (χ2n) is 6.98. The number of anilines is 2. The van der Waals surface area contributed by atoms with Crippen LogP contribution in [0.5, 0.6) is 0 Å². The molecule has 3 rings (SSSR count). The Labute approximate surface area is 163 Å². The molecule has 0 spiro atoms. The number of hydrogen-bond acceptors (Lipinski definition) is 3. The maximum absolute atomic E-state index is 12.9. The first kappa shape index (κ1) is 20.2. The van der Waals surface area contributed by atoms with Crippen LogP contribution < -0.4 is 9.80 Å². The number of piperazine rings is 1. The number of halogens is 3. The summed E-state index contributed by atoms with van der Waals surface area (Å²) < 4.78 is 38.8. The zero-order valence-corrected chi connectivity index (χ0v) is 16.0. The SMILES string of the molecule is C[C@@H](C(=O)N(C)c1ccccc1)N1CCN(c2cccc(C(F)(F)F)c2)CC1. The number of likely N-dealkylation sites (N-methyl/N-ethyl adjacent to an activating group) is 1. The summed E-state index contributed by atoms with van der Waals surface area (Å²) in [7, 11) is 1.76. The first-order valence-corrected chi connectivity index (χ1v) is 9.26. The van der Waals surface area contributed by atoms with Crippen molar-refractivity contribution in [1.82, 2.24) is 4.90 Å². The molecule has 28 heavy (non-hydrogen) atoms. The molecular weight excluding hydrogens is 367 g/mol. The average Bonchev–Trinajstić information content (AvgIpc) is 2.72. The molecule has 2 aromatic rings. The van der Waals surface area contributed by atoms with Crippen LogP contribution >= 0.6 is 0 Å². The van der Waals surface area contributed by atoms with Gasteiger partial charge in [0, 0.05) is 44.6 Å². The van der Waals surface area contributed by atoms with E-state index in [4.69, 9.17) is 0 Å². The van der Waals surface area contributed by atoms with Crippen molar-refractivity contribution in [2.75, 3.05) is 43.0 Å². The van der Waals surface area contributed by atoms with Crippen LogP contribution in [0.2, 0.25) is 0 Å². The van der Waals surface area contributed by atoms with E-state index in [0.29, 0.717) is 31.9 Å². The Hall–Kier alpha value is -2.54. The zero-order valence-electron chi connectivity index (χ0n) is 16.0. The molecule has 0 unspecified atom stereocenters. The molecule has 1 fully saturated rings. The van der Waals surface area contributed by atoms with Gasteiger partial charge in [-0.05, 0) is 37.3 Å².